The lowest BCUT2D eigenvalue weighted by Crippen LogP contribution is -2.36. The van der Waals surface area contributed by atoms with Crippen molar-refractivity contribution in [1.29, 1.82) is 0 Å². The summed E-state index contributed by atoms with van der Waals surface area (Å²) in [4.78, 5) is 53.9. The number of carbonyl (C=O) groups excluding carboxylic acids is 4. The fourth-order valence-electron chi connectivity index (χ4n) is 4.87. The molecule has 3 aromatic rings. The number of hydrogen-bond donors (Lipinski definition) is 1. The summed E-state index contributed by atoms with van der Waals surface area (Å²) in [5.74, 6) is -0.628. The van der Waals surface area contributed by atoms with Crippen LogP contribution in [0.4, 0.5) is 9.80 Å². The molecular weight excluding hydrogens is 739 g/mol. The van der Waals surface area contributed by atoms with Crippen molar-refractivity contribution in [1.82, 2.24) is 4.90 Å². The molecule has 1 N–H and O–H groups in total. The van der Waals surface area contributed by atoms with Crippen molar-refractivity contribution in [3.8, 4) is 11.5 Å². The minimum Gasteiger partial charge on any atom is -0.493 e. The van der Waals surface area contributed by atoms with Crippen LogP contribution < -0.4 is 14.8 Å². The summed E-state index contributed by atoms with van der Waals surface area (Å²) in [7, 11) is 1.52. The molecule has 1 aliphatic heterocycles. The van der Waals surface area contributed by atoms with Crippen molar-refractivity contribution >= 4 is 91.4 Å². The van der Waals surface area contributed by atoms with Gasteiger partial charge in [0.15, 0.2) is 11.5 Å². The molecule has 1 fully saturated rings. The smallest absolute Gasteiger partial charge is 0.341 e. The maximum Gasteiger partial charge on any atom is 0.341 e. The van der Waals surface area contributed by atoms with Crippen LogP contribution in [0.15, 0.2) is 41.3 Å². The zero-order chi connectivity index (χ0) is 31.4. The van der Waals surface area contributed by atoms with Gasteiger partial charge < -0.3 is 19.5 Å². The molecular formula is C31H28ClIN2O7S2. The van der Waals surface area contributed by atoms with E-state index in [0.717, 1.165) is 61.9 Å². The number of nitrogens with zero attached hydrogens (tertiary/aromatic N) is 1. The largest absolute Gasteiger partial charge is 0.493 e. The van der Waals surface area contributed by atoms with Gasteiger partial charge in [-0.15, -0.1) is 11.3 Å². The van der Waals surface area contributed by atoms with Crippen LogP contribution in [-0.4, -0.2) is 48.2 Å². The second-order valence-corrected chi connectivity index (χ2v) is 13.6. The number of anilines is 1. The number of carbonyl (C=O) groups is 4. The number of thiophene rings is 1. The molecule has 2 aromatic carbocycles. The molecule has 9 nitrogen and oxygen atoms in total. The topological polar surface area (TPSA) is 111 Å². The molecule has 2 heterocycles. The predicted molar refractivity (Wildman–Crippen MR) is 180 cm³/mol. The highest BCUT2D eigenvalue weighted by molar-refractivity contribution is 14.1. The van der Waals surface area contributed by atoms with Crippen molar-refractivity contribution in [2.24, 2.45) is 0 Å². The fourth-order valence-corrected chi connectivity index (χ4v) is 7.91. The van der Waals surface area contributed by atoms with Crippen molar-refractivity contribution in [3.05, 3.63) is 77.0 Å². The molecule has 0 atom stereocenters. The van der Waals surface area contributed by atoms with E-state index >= 15 is 0 Å². The summed E-state index contributed by atoms with van der Waals surface area (Å²) in [6.07, 6.45) is 5.12. The summed E-state index contributed by atoms with van der Waals surface area (Å²) in [6, 6.07) is 10.9. The van der Waals surface area contributed by atoms with Gasteiger partial charge in [-0.25, -0.2) is 4.79 Å². The van der Waals surface area contributed by atoms with Gasteiger partial charge in [0.2, 0.25) is 5.91 Å². The van der Waals surface area contributed by atoms with E-state index in [4.69, 9.17) is 25.8 Å². The Morgan fingerprint density at radius 1 is 1.14 bits per heavy atom. The number of halogens is 2. The van der Waals surface area contributed by atoms with Gasteiger partial charge >= 0.3 is 5.97 Å². The van der Waals surface area contributed by atoms with E-state index in [1.807, 2.05) is 18.2 Å². The molecule has 1 saturated heterocycles. The van der Waals surface area contributed by atoms with Crippen LogP contribution in [0.3, 0.4) is 0 Å². The Bertz CT molecular complexity index is 1660. The predicted octanol–water partition coefficient (Wildman–Crippen LogP) is 7.32. The first-order chi connectivity index (χ1) is 21.2. The number of ether oxygens (including phenoxy) is 3. The quantitative estimate of drug-likeness (QED) is 0.130. The zero-order valence-electron chi connectivity index (χ0n) is 23.9. The van der Waals surface area contributed by atoms with Gasteiger partial charge in [-0.2, -0.15) is 0 Å². The van der Waals surface area contributed by atoms with Gasteiger partial charge in [0, 0.05) is 9.90 Å². The SMILES string of the molecule is CCOC(=O)c1c(NC(=O)CN2C(=O)S/C(=C\c3cc(I)c(OCc4ccc(Cl)cc4)c(OC)c3)C2=O)sc2c1CCCC2. The molecule has 3 amide bonds. The van der Waals surface area contributed by atoms with Crippen LogP contribution in [0.25, 0.3) is 6.08 Å². The number of fused-ring (bicyclic) bond motifs is 1. The van der Waals surface area contributed by atoms with E-state index in [0.29, 0.717) is 39.3 Å². The number of amides is 3. The second kappa shape index (κ2) is 14.4. The third-order valence-electron chi connectivity index (χ3n) is 6.93. The molecule has 44 heavy (non-hydrogen) atoms. The Labute approximate surface area is 281 Å². The van der Waals surface area contributed by atoms with E-state index in [2.05, 4.69) is 27.9 Å². The van der Waals surface area contributed by atoms with E-state index in [1.54, 1.807) is 31.2 Å². The molecule has 0 radical (unpaired) electrons. The molecule has 0 saturated carbocycles. The highest BCUT2D eigenvalue weighted by Gasteiger charge is 2.37. The van der Waals surface area contributed by atoms with Crippen LogP contribution in [-0.2, 0) is 33.8 Å². The summed E-state index contributed by atoms with van der Waals surface area (Å²) in [5, 5.41) is 3.23. The van der Waals surface area contributed by atoms with Gasteiger partial charge in [0.05, 0.1) is 27.8 Å². The van der Waals surface area contributed by atoms with Gasteiger partial charge in [-0.05, 0) is 114 Å². The van der Waals surface area contributed by atoms with Crippen LogP contribution in [0.1, 0.15) is 51.7 Å². The van der Waals surface area contributed by atoms with Gasteiger partial charge in [-0.1, -0.05) is 23.7 Å². The Kier molecular flexibility index (Phi) is 10.5. The van der Waals surface area contributed by atoms with Crippen LogP contribution in [0.5, 0.6) is 11.5 Å². The number of aryl methyl sites for hydroxylation is 1. The van der Waals surface area contributed by atoms with Crippen molar-refractivity contribution in [3.63, 3.8) is 0 Å². The summed E-state index contributed by atoms with van der Waals surface area (Å²) in [5.41, 5.74) is 2.85. The normalized spacial score (nSPS) is 15.4. The first kappa shape index (κ1) is 32.3. The Balaban J connectivity index is 1.29. The maximum atomic E-state index is 13.2. The lowest BCUT2D eigenvalue weighted by molar-refractivity contribution is -0.127. The first-order valence-corrected chi connectivity index (χ1v) is 16.9. The fraction of sp³-hybridized carbons (Fsp3) is 0.290. The molecule has 13 heteroatoms. The summed E-state index contributed by atoms with van der Waals surface area (Å²) >= 11 is 10.2. The first-order valence-electron chi connectivity index (χ1n) is 13.8. The Morgan fingerprint density at radius 3 is 2.61 bits per heavy atom. The third kappa shape index (κ3) is 7.24. The molecule has 1 aliphatic carbocycles. The number of nitrogens with one attached hydrogen (secondary N) is 1. The molecule has 230 valence electrons. The number of benzene rings is 2. The maximum absolute atomic E-state index is 13.2. The average Bonchev–Trinajstić information content (AvgIpc) is 3.48. The molecule has 0 unspecified atom stereocenters. The zero-order valence-corrected chi connectivity index (χ0v) is 28.4. The summed E-state index contributed by atoms with van der Waals surface area (Å²) in [6.45, 7) is 1.76. The van der Waals surface area contributed by atoms with Crippen LogP contribution in [0.2, 0.25) is 5.02 Å². The molecule has 0 spiro atoms. The minimum atomic E-state index is -0.580. The van der Waals surface area contributed by atoms with E-state index in [9.17, 15) is 19.2 Å². The highest BCUT2D eigenvalue weighted by atomic mass is 127. The van der Waals surface area contributed by atoms with E-state index in [-0.39, 0.29) is 11.5 Å². The minimum absolute atomic E-state index is 0.175. The van der Waals surface area contributed by atoms with Gasteiger partial charge in [0.25, 0.3) is 11.1 Å². The van der Waals surface area contributed by atoms with E-state index in [1.165, 1.54) is 18.4 Å². The lowest BCUT2D eigenvalue weighted by Gasteiger charge is -2.14. The number of rotatable bonds is 10. The molecule has 5 rings (SSSR count). The van der Waals surface area contributed by atoms with E-state index < -0.39 is 29.6 Å². The van der Waals surface area contributed by atoms with Crippen LogP contribution in [0, 0.1) is 3.57 Å². The number of methoxy groups -OCH3 is 1. The van der Waals surface area contributed by atoms with Gasteiger partial charge in [-0.3, -0.25) is 19.3 Å². The standard InChI is InChI=1S/C31H28ClIN2O7S2/c1-3-41-30(38)26-20-6-4-5-7-23(20)43-28(26)34-25(36)15-35-29(37)24(44-31(35)39)14-18-12-21(33)27(22(13-18)40-2)42-16-17-8-10-19(32)11-9-17/h8-14H,3-7,15-16H2,1-2H3,(H,34,36)/b24-14-. The van der Waals surface area contributed by atoms with Gasteiger partial charge in [0.1, 0.15) is 18.2 Å². The van der Waals surface area contributed by atoms with Crippen molar-refractivity contribution in [2.45, 2.75) is 39.2 Å². The third-order valence-corrected chi connectivity index (χ3v) is 10.1. The average molecular weight is 767 g/mol. The Hall–Kier alpha value is -3.07. The second-order valence-electron chi connectivity index (χ2n) is 9.90. The lowest BCUT2D eigenvalue weighted by atomic mass is 9.95. The monoisotopic (exact) mass is 766 g/mol. The van der Waals surface area contributed by atoms with Crippen LogP contribution >= 0.6 is 57.3 Å². The van der Waals surface area contributed by atoms with Crippen molar-refractivity contribution < 1.29 is 33.4 Å². The summed E-state index contributed by atoms with van der Waals surface area (Å²) < 4.78 is 17.6. The molecule has 0 bridgehead atoms. The molecule has 2 aliphatic rings. The number of esters is 1. The van der Waals surface area contributed by atoms with Crippen molar-refractivity contribution in [2.75, 3.05) is 25.6 Å². The number of thioether (sulfide) groups is 1. The molecule has 1 aromatic heterocycles. The highest BCUT2D eigenvalue weighted by Crippen LogP contribution is 2.40. The Morgan fingerprint density at radius 2 is 1.89 bits per heavy atom. The number of imide groups is 1. The number of hydrogen-bond acceptors (Lipinski definition) is 9.